The van der Waals surface area contributed by atoms with Gasteiger partial charge in [-0.3, -0.25) is 9.55 Å². The maximum absolute atomic E-state index is 12.1. The molecule has 0 bridgehead atoms. The zero-order valence-electron chi connectivity index (χ0n) is 38.9. The Kier molecular flexibility index (Phi) is 8.40. The SMILES string of the molecule is [2H]c1c([2H])c([2H])c(-c2ccnc(-c3cc(-c4cccc5c4nc(-c4cc(C(C)C)cc(C(C)C)c4O)n5-c4ccc(-c5ccccc5)c(C)c4)cc(C(C)(C)C)c3)c2)c([2H])c1[2H]. The van der Waals surface area contributed by atoms with Crippen molar-refractivity contribution in [3.63, 3.8) is 0 Å². The van der Waals surface area contributed by atoms with Gasteiger partial charge in [-0.2, -0.15) is 0 Å². The fraction of sp³-hybridized carbons (Fsp3) is 0.208. The summed E-state index contributed by atoms with van der Waals surface area (Å²) < 4.78 is 44.2. The summed E-state index contributed by atoms with van der Waals surface area (Å²) in [5.41, 5.74) is 13.3. The molecule has 0 aliphatic rings. The quantitative estimate of drug-likeness (QED) is 0.168. The molecule has 0 radical (unpaired) electrons. The van der Waals surface area contributed by atoms with E-state index in [2.05, 4.69) is 151 Å². The molecule has 1 N–H and O–H groups in total. The molecule has 0 saturated heterocycles. The van der Waals surface area contributed by atoms with Crippen molar-refractivity contribution in [2.75, 3.05) is 0 Å². The first-order valence-electron chi connectivity index (χ1n) is 22.2. The number of para-hydroxylation sites is 1. The van der Waals surface area contributed by atoms with E-state index >= 15 is 0 Å². The largest absolute Gasteiger partial charge is 0.507 e. The summed E-state index contributed by atoms with van der Waals surface area (Å²) in [6.45, 7) is 17.2. The number of hydrogen-bond acceptors (Lipinski definition) is 3. The van der Waals surface area contributed by atoms with E-state index in [1.165, 1.54) is 0 Å². The number of benzene rings is 6. The average molecular weight is 751 g/mol. The van der Waals surface area contributed by atoms with Crippen LogP contribution < -0.4 is 0 Å². The number of fused-ring (bicyclic) bond motifs is 1. The van der Waals surface area contributed by atoms with Gasteiger partial charge in [0.25, 0.3) is 0 Å². The van der Waals surface area contributed by atoms with Crippen LogP contribution in [0, 0.1) is 6.92 Å². The minimum absolute atomic E-state index is 0.0828. The summed E-state index contributed by atoms with van der Waals surface area (Å²) in [7, 11) is 0. The molecular weight excluding hydrogens is 695 g/mol. The van der Waals surface area contributed by atoms with Crippen molar-refractivity contribution < 1.29 is 12.0 Å². The number of aromatic nitrogens is 3. The number of nitrogens with zero attached hydrogens (tertiary/aromatic N) is 3. The van der Waals surface area contributed by atoms with Gasteiger partial charge in [0.2, 0.25) is 0 Å². The van der Waals surface area contributed by atoms with Crippen LogP contribution in [0.4, 0.5) is 0 Å². The van der Waals surface area contributed by atoms with Gasteiger partial charge >= 0.3 is 0 Å². The molecule has 0 unspecified atom stereocenters. The molecule has 0 fully saturated rings. The molecule has 0 saturated carbocycles. The summed E-state index contributed by atoms with van der Waals surface area (Å²) in [5.74, 6) is 1.17. The predicted octanol–water partition coefficient (Wildman–Crippen LogP) is 14.3. The van der Waals surface area contributed by atoms with E-state index in [0.717, 1.165) is 66.8 Å². The minimum atomic E-state index is -0.428. The van der Waals surface area contributed by atoms with Crippen LogP contribution in [0.5, 0.6) is 5.75 Å². The maximum atomic E-state index is 12.1. The average Bonchev–Trinajstić information content (AvgIpc) is 3.64. The Hall–Kier alpha value is -6.26. The first-order valence-corrected chi connectivity index (χ1v) is 19.7. The van der Waals surface area contributed by atoms with E-state index in [1.807, 2.05) is 6.07 Å². The molecule has 284 valence electrons. The number of phenols is 1. The van der Waals surface area contributed by atoms with Crippen LogP contribution in [0.2, 0.25) is 0 Å². The number of rotatable bonds is 8. The Morgan fingerprint density at radius 3 is 2.11 bits per heavy atom. The lowest BCUT2D eigenvalue weighted by atomic mass is 9.83. The molecule has 0 atom stereocenters. The third kappa shape index (κ3) is 7.29. The smallest absolute Gasteiger partial charge is 0.149 e. The Morgan fingerprint density at radius 2 is 1.40 bits per heavy atom. The molecule has 0 aliphatic carbocycles. The first kappa shape index (κ1) is 31.9. The summed E-state index contributed by atoms with van der Waals surface area (Å²) in [6.07, 6.45) is 1.62. The first-order chi connectivity index (χ1) is 29.4. The van der Waals surface area contributed by atoms with Gasteiger partial charge in [0.1, 0.15) is 11.6 Å². The fourth-order valence-corrected chi connectivity index (χ4v) is 7.63. The van der Waals surface area contributed by atoms with Crippen molar-refractivity contribution >= 4 is 11.0 Å². The molecule has 2 aromatic heterocycles. The fourth-order valence-electron chi connectivity index (χ4n) is 7.63. The van der Waals surface area contributed by atoms with Gasteiger partial charge in [0.05, 0.1) is 29.1 Å². The third-order valence-corrected chi connectivity index (χ3v) is 10.9. The Labute approximate surface area is 344 Å². The monoisotopic (exact) mass is 750 g/mol. The van der Waals surface area contributed by atoms with Crippen LogP contribution >= 0.6 is 0 Å². The van der Waals surface area contributed by atoms with Gasteiger partial charge in [-0.15, -0.1) is 0 Å². The van der Waals surface area contributed by atoms with E-state index in [4.69, 9.17) is 16.8 Å². The number of imidazole rings is 1. The highest BCUT2D eigenvalue weighted by molar-refractivity contribution is 5.97. The second kappa shape index (κ2) is 15.0. The van der Waals surface area contributed by atoms with Crippen molar-refractivity contribution in [1.29, 1.82) is 0 Å². The van der Waals surface area contributed by atoms with Gasteiger partial charge in [-0.05, 0) is 123 Å². The summed E-state index contributed by atoms with van der Waals surface area (Å²) >= 11 is 0. The van der Waals surface area contributed by atoms with E-state index in [9.17, 15) is 5.11 Å². The van der Waals surface area contributed by atoms with Crippen molar-refractivity contribution in [1.82, 2.24) is 14.5 Å². The van der Waals surface area contributed by atoms with E-state index < -0.39 is 6.04 Å². The Balaban J connectivity index is 1.38. The molecular formula is C53H51N3O. The molecule has 8 rings (SSSR count). The second-order valence-corrected chi connectivity index (χ2v) is 16.6. The number of pyridine rings is 1. The molecule has 0 spiro atoms. The summed E-state index contributed by atoms with van der Waals surface area (Å²) in [4.78, 5) is 10.3. The zero-order chi connectivity index (χ0) is 44.4. The van der Waals surface area contributed by atoms with E-state index in [1.54, 1.807) is 18.3 Å². The van der Waals surface area contributed by atoms with Crippen LogP contribution in [-0.4, -0.2) is 19.6 Å². The van der Waals surface area contributed by atoms with E-state index in [-0.39, 0.29) is 52.7 Å². The maximum Gasteiger partial charge on any atom is 0.149 e. The van der Waals surface area contributed by atoms with Crippen LogP contribution in [0.25, 0.3) is 72.7 Å². The predicted molar refractivity (Wildman–Crippen MR) is 239 cm³/mol. The molecule has 4 nitrogen and oxygen atoms in total. The Morgan fingerprint density at radius 1 is 0.649 bits per heavy atom. The number of hydrogen-bond donors (Lipinski definition) is 1. The van der Waals surface area contributed by atoms with Crippen molar-refractivity contribution in [2.24, 2.45) is 0 Å². The molecule has 57 heavy (non-hydrogen) atoms. The second-order valence-electron chi connectivity index (χ2n) is 16.6. The molecule has 4 heteroatoms. The highest BCUT2D eigenvalue weighted by Gasteiger charge is 2.25. The lowest BCUT2D eigenvalue weighted by Gasteiger charge is -2.22. The van der Waals surface area contributed by atoms with Crippen molar-refractivity contribution in [3.05, 3.63) is 168 Å². The lowest BCUT2D eigenvalue weighted by Crippen LogP contribution is -2.11. The van der Waals surface area contributed by atoms with E-state index in [0.29, 0.717) is 22.6 Å². The lowest BCUT2D eigenvalue weighted by molar-refractivity contribution is 0.466. The standard InChI is InChI=1S/C53H51N3O/c1-33(2)39-30-46(34(3)4)51(57)47(31-39)52-55-50-45(20-15-21-49(50)56(52)43-22-23-44(35(5)26-43)37-18-13-10-14-19-37)40-27-41(29-42(28-40)53(6,7)8)48-32-38(24-25-54-48)36-16-11-9-12-17-36/h9-34,57H,1-8H3/i9D,11D,12D,16D,17D. The highest BCUT2D eigenvalue weighted by atomic mass is 16.3. The van der Waals surface area contributed by atoms with Gasteiger partial charge in [0.15, 0.2) is 0 Å². The molecule has 6 aromatic carbocycles. The van der Waals surface area contributed by atoms with Crippen LogP contribution in [0.1, 0.15) is 89.4 Å². The Bertz CT molecular complexity index is 3010. The van der Waals surface area contributed by atoms with Crippen LogP contribution in [-0.2, 0) is 5.41 Å². The van der Waals surface area contributed by atoms with Gasteiger partial charge in [-0.1, -0.05) is 139 Å². The molecule has 0 amide bonds. The molecule has 8 aromatic rings. The van der Waals surface area contributed by atoms with Crippen LogP contribution in [0.15, 0.2) is 146 Å². The van der Waals surface area contributed by atoms with Gasteiger partial charge < -0.3 is 5.11 Å². The van der Waals surface area contributed by atoms with Crippen molar-refractivity contribution in [2.45, 2.75) is 72.6 Å². The zero-order valence-corrected chi connectivity index (χ0v) is 33.9. The van der Waals surface area contributed by atoms with Crippen molar-refractivity contribution in [3.8, 4) is 67.5 Å². The summed E-state index contributed by atoms with van der Waals surface area (Å²) in [6, 6.07) is 35.4. The third-order valence-electron chi connectivity index (χ3n) is 10.9. The van der Waals surface area contributed by atoms with Crippen LogP contribution in [0.3, 0.4) is 0 Å². The molecule has 0 aliphatic heterocycles. The summed E-state index contributed by atoms with van der Waals surface area (Å²) in [5, 5.41) is 12.1. The number of aryl methyl sites for hydroxylation is 1. The normalized spacial score (nSPS) is 13.1. The topological polar surface area (TPSA) is 50.9 Å². The molecule has 2 heterocycles. The number of phenolic OH excluding ortho intramolecular Hbond substituents is 1. The van der Waals surface area contributed by atoms with Gasteiger partial charge in [-0.25, -0.2) is 4.98 Å². The van der Waals surface area contributed by atoms with Gasteiger partial charge in [0, 0.05) is 23.0 Å². The number of aromatic hydroxyl groups is 1. The minimum Gasteiger partial charge on any atom is -0.507 e. The highest BCUT2D eigenvalue weighted by Crippen LogP contribution is 2.43.